The Morgan fingerprint density at radius 1 is 1.24 bits per heavy atom. The molecule has 0 saturated carbocycles. The number of hydrogen-bond donors (Lipinski definition) is 4. The number of rotatable bonds is 13. The molecule has 2 rings (SSSR count). The van der Waals surface area contributed by atoms with Gasteiger partial charge in [-0.15, -0.1) is 0 Å². The van der Waals surface area contributed by atoms with Crippen molar-refractivity contribution < 1.29 is 23.4 Å². The normalized spacial score (nSPS) is 10.5. The predicted octanol–water partition coefficient (Wildman–Crippen LogP) is 5.93. The smallest absolute Gasteiger partial charge is 0.397 e. The first-order chi connectivity index (χ1) is 16.2. The summed E-state index contributed by atoms with van der Waals surface area (Å²) in [4.78, 5) is 14.6. The van der Waals surface area contributed by atoms with E-state index >= 15 is 0 Å². The first-order valence-corrected chi connectivity index (χ1v) is 11.2. The summed E-state index contributed by atoms with van der Waals surface area (Å²) in [5.74, 6) is 0.681. The van der Waals surface area contributed by atoms with Gasteiger partial charge in [0.05, 0.1) is 12.2 Å². The van der Waals surface area contributed by atoms with Gasteiger partial charge in [0.15, 0.2) is 5.78 Å². The van der Waals surface area contributed by atoms with Gasteiger partial charge in [-0.1, -0.05) is 27.4 Å². The molecule has 1 aromatic heterocycles. The molecule has 0 amide bonds. The largest absolute Gasteiger partial charge is 0.433 e. The number of halogens is 2. The highest BCUT2D eigenvalue weighted by Crippen LogP contribution is 2.29. The van der Waals surface area contributed by atoms with Crippen molar-refractivity contribution in [2.75, 3.05) is 23.8 Å². The van der Waals surface area contributed by atoms with Crippen LogP contribution in [-0.4, -0.2) is 40.8 Å². The maximum absolute atomic E-state index is 13.3. The molecule has 0 spiro atoms. The SMILES string of the molecule is C=CC(=O)CCC.CCC(=N)c1c(NCCO)ccnc1Nc1ccc(OC(F)(F)CC)cc1. The number of nitrogens with zero attached hydrogens (tertiary/aromatic N) is 1. The molecule has 0 aliphatic carbocycles. The lowest BCUT2D eigenvalue weighted by molar-refractivity contribution is -0.177. The first-order valence-electron chi connectivity index (χ1n) is 11.2. The van der Waals surface area contributed by atoms with Crippen molar-refractivity contribution >= 4 is 28.7 Å². The zero-order valence-electron chi connectivity index (χ0n) is 20.0. The predicted molar refractivity (Wildman–Crippen MR) is 133 cm³/mol. The number of carbonyl (C=O) groups excluding carboxylic acids is 1. The van der Waals surface area contributed by atoms with Crippen molar-refractivity contribution in [1.82, 2.24) is 4.98 Å². The van der Waals surface area contributed by atoms with E-state index in [0.717, 1.165) is 6.42 Å². The topological polar surface area (TPSA) is 107 Å². The van der Waals surface area contributed by atoms with Crippen molar-refractivity contribution in [3.05, 3.63) is 54.7 Å². The van der Waals surface area contributed by atoms with Gasteiger partial charge in [-0.3, -0.25) is 4.79 Å². The zero-order valence-corrected chi connectivity index (χ0v) is 20.0. The molecule has 0 aliphatic heterocycles. The molecule has 0 bridgehead atoms. The highest BCUT2D eigenvalue weighted by atomic mass is 19.3. The number of alkyl halides is 2. The zero-order chi connectivity index (χ0) is 25.6. The van der Waals surface area contributed by atoms with E-state index in [1.54, 1.807) is 24.4 Å². The van der Waals surface area contributed by atoms with E-state index in [2.05, 4.69) is 26.9 Å². The molecule has 186 valence electrons. The molecule has 1 heterocycles. The fourth-order valence-corrected chi connectivity index (χ4v) is 2.71. The van der Waals surface area contributed by atoms with Gasteiger partial charge in [0.1, 0.15) is 11.6 Å². The van der Waals surface area contributed by atoms with Crippen LogP contribution in [0.2, 0.25) is 0 Å². The molecule has 2 aromatic rings. The minimum Gasteiger partial charge on any atom is -0.433 e. The highest BCUT2D eigenvalue weighted by Gasteiger charge is 2.28. The Labute approximate surface area is 199 Å². The van der Waals surface area contributed by atoms with Gasteiger partial charge in [-0.25, -0.2) is 4.98 Å². The average molecular weight is 477 g/mol. The van der Waals surface area contributed by atoms with Crippen LogP contribution in [0.1, 0.15) is 52.0 Å². The molecular formula is C25H34F2N4O3. The lowest BCUT2D eigenvalue weighted by Crippen LogP contribution is -2.22. The third-order valence-electron chi connectivity index (χ3n) is 4.55. The molecular weight excluding hydrogens is 442 g/mol. The second-order valence-corrected chi connectivity index (χ2v) is 7.23. The van der Waals surface area contributed by atoms with Crippen molar-refractivity contribution in [3.8, 4) is 5.75 Å². The molecule has 0 aliphatic rings. The van der Waals surface area contributed by atoms with Crippen molar-refractivity contribution in [2.24, 2.45) is 0 Å². The van der Waals surface area contributed by atoms with E-state index in [0.29, 0.717) is 47.9 Å². The van der Waals surface area contributed by atoms with E-state index in [1.165, 1.54) is 25.1 Å². The number of benzene rings is 1. The maximum atomic E-state index is 13.3. The summed E-state index contributed by atoms with van der Waals surface area (Å²) in [6.45, 7) is 8.84. The van der Waals surface area contributed by atoms with Gasteiger partial charge in [-0.2, -0.15) is 8.78 Å². The molecule has 0 atom stereocenters. The number of nitrogens with one attached hydrogen (secondary N) is 3. The molecule has 34 heavy (non-hydrogen) atoms. The lowest BCUT2D eigenvalue weighted by atomic mass is 10.1. The van der Waals surface area contributed by atoms with Crippen LogP contribution in [0.25, 0.3) is 0 Å². The molecule has 7 nitrogen and oxygen atoms in total. The minimum atomic E-state index is -3.20. The van der Waals surface area contributed by atoms with E-state index in [9.17, 15) is 13.6 Å². The molecule has 1 aromatic carbocycles. The number of aromatic nitrogens is 1. The number of pyridine rings is 1. The van der Waals surface area contributed by atoms with E-state index in [-0.39, 0.29) is 18.1 Å². The van der Waals surface area contributed by atoms with Crippen molar-refractivity contribution in [2.45, 2.75) is 52.6 Å². The quantitative estimate of drug-likeness (QED) is 0.211. The number of anilines is 3. The second kappa shape index (κ2) is 14.7. The van der Waals surface area contributed by atoms with Crippen LogP contribution < -0.4 is 15.4 Å². The Hall–Kier alpha value is -3.33. The Balaban J connectivity index is 0.000000718. The van der Waals surface area contributed by atoms with Gasteiger partial charge in [0.25, 0.3) is 0 Å². The average Bonchev–Trinajstić information content (AvgIpc) is 2.84. The Kier molecular flexibility index (Phi) is 12.4. The number of aliphatic hydroxyl groups is 1. The number of ketones is 1. The lowest BCUT2D eigenvalue weighted by Gasteiger charge is -2.18. The summed E-state index contributed by atoms with van der Waals surface area (Å²) in [5.41, 5.74) is 2.30. The van der Waals surface area contributed by atoms with Crippen LogP contribution in [0.3, 0.4) is 0 Å². The van der Waals surface area contributed by atoms with Gasteiger partial charge < -0.3 is 25.9 Å². The summed E-state index contributed by atoms with van der Waals surface area (Å²) in [5, 5.41) is 23.4. The van der Waals surface area contributed by atoms with Gasteiger partial charge in [0.2, 0.25) is 0 Å². The van der Waals surface area contributed by atoms with Gasteiger partial charge in [-0.05, 0) is 49.2 Å². The molecule has 9 heteroatoms. The van der Waals surface area contributed by atoms with E-state index < -0.39 is 12.5 Å². The maximum Gasteiger partial charge on any atom is 0.397 e. The first kappa shape index (κ1) is 28.7. The molecule has 0 unspecified atom stereocenters. The van der Waals surface area contributed by atoms with Crippen LogP contribution in [0.4, 0.5) is 26.0 Å². The third-order valence-corrected chi connectivity index (χ3v) is 4.55. The fourth-order valence-electron chi connectivity index (χ4n) is 2.71. The minimum absolute atomic E-state index is 0.0339. The van der Waals surface area contributed by atoms with Crippen LogP contribution in [0.5, 0.6) is 5.75 Å². The van der Waals surface area contributed by atoms with Gasteiger partial charge in [0, 0.05) is 42.7 Å². The fraction of sp³-hybridized carbons (Fsp3) is 0.400. The van der Waals surface area contributed by atoms with E-state index in [4.69, 9.17) is 10.5 Å². The number of ether oxygens (including phenoxy) is 1. The third kappa shape index (κ3) is 9.66. The van der Waals surface area contributed by atoms with Gasteiger partial charge >= 0.3 is 6.11 Å². The summed E-state index contributed by atoms with van der Waals surface area (Å²) in [6, 6.07) is 7.85. The van der Waals surface area contributed by atoms with Crippen LogP contribution in [0, 0.1) is 5.41 Å². The van der Waals surface area contributed by atoms with Crippen LogP contribution in [-0.2, 0) is 4.79 Å². The Morgan fingerprint density at radius 2 is 1.91 bits per heavy atom. The van der Waals surface area contributed by atoms with E-state index in [1.807, 2.05) is 13.8 Å². The number of hydrogen-bond acceptors (Lipinski definition) is 7. The molecule has 0 radical (unpaired) electrons. The highest BCUT2D eigenvalue weighted by molar-refractivity contribution is 6.07. The molecule has 0 saturated heterocycles. The van der Waals surface area contributed by atoms with Crippen molar-refractivity contribution in [1.29, 1.82) is 5.41 Å². The summed E-state index contributed by atoms with van der Waals surface area (Å²) < 4.78 is 31.3. The Morgan fingerprint density at radius 3 is 2.41 bits per heavy atom. The summed E-state index contributed by atoms with van der Waals surface area (Å²) in [6.07, 6.45) is 1.41. The number of allylic oxidation sites excluding steroid dienone is 1. The number of aliphatic hydroxyl groups excluding tert-OH is 1. The van der Waals surface area contributed by atoms with Crippen LogP contribution in [0.15, 0.2) is 49.2 Å². The Bertz CT molecular complexity index is 934. The second-order valence-electron chi connectivity index (χ2n) is 7.23. The monoisotopic (exact) mass is 476 g/mol. The molecule has 4 N–H and O–H groups in total. The van der Waals surface area contributed by atoms with Crippen molar-refractivity contribution in [3.63, 3.8) is 0 Å². The molecule has 0 fully saturated rings. The number of carbonyl (C=O) groups is 1. The van der Waals surface area contributed by atoms with Crippen LogP contribution >= 0.6 is 0 Å². The standard InChI is InChI=1S/C19H24F2N4O2.C6H10O/c1-3-15(22)17-16(23-11-12-26)9-10-24-18(17)25-13-5-7-14(8-6-13)27-19(20,21)4-2;1-3-5-6(7)4-2/h5-10,22,26H,3-4,11-12H2,1-2H3,(H2,23,24,25);4H,2-3,5H2,1H3. The summed E-state index contributed by atoms with van der Waals surface area (Å²) in [7, 11) is 0. The summed E-state index contributed by atoms with van der Waals surface area (Å²) >= 11 is 0.